The molecule has 88 valence electrons. The Labute approximate surface area is 92.9 Å². The number of hydrogen-bond donors (Lipinski definition) is 3. The Morgan fingerprint density at radius 2 is 2.00 bits per heavy atom. The van der Waals surface area contributed by atoms with Gasteiger partial charge in [-0.25, -0.2) is 4.79 Å². The number of carboxylic acid groups (broad SMARTS) is 1. The summed E-state index contributed by atoms with van der Waals surface area (Å²) in [7, 11) is 0. The first-order valence-corrected chi connectivity index (χ1v) is 4.88. The fourth-order valence-electron chi connectivity index (χ4n) is 1.32. The minimum Gasteiger partial charge on any atom is -0.493 e. The molecule has 5 heteroatoms. The van der Waals surface area contributed by atoms with Crippen LogP contribution in [-0.4, -0.2) is 34.0 Å². The van der Waals surface area contributed by atoms with Gasteiger partial charge in [-0.3, -0.25) is 0 Å². The van der Waals surface area contributed by atoms with Crippen LogP contribution in [0, 0.1) is 0 Å². The zero-order valence-electron chi connectivity index (χ0n) is 8.83. The van der Waals surface area contributed by atoms with E-state index in [1.165, 1.54) is 6.07 Å². The number of ether oxygens (including phenoxy) is 1. The van der Waals surface area contributed by atoms with Gasteiger partial charge < -0.3 is 20.1 Å². The van der Waals surface area contributed by atoms with Crippen LogP contribution in [0.15, 0.2) is 24.3 Å². The summed E-state index contributed by atoms with van der Waals surface area (Å²) < 4.78 is 5.22. The molecule has 1 aromatic carbocycles. The van der Waals surface area contributed by atoms with Crippen LogP contribution in [0.3, 0.4) is 0 Å². The first kappa shape index (κ1) is 12.5. The molecule has 0 aliphatic carbocycles. The van der Waals surface area contributed by atoms with E-state index in [2.05, 4.69) is 0 Å². The number of carbonyl (C=O) groups is 1. The summed E-state index contributed by atoms with van der Waals surface area (Å²) in [5.41, 5.74) is 0.263. The van der Waals surface area contributed by atoms with Crippen molar-refractivity contribution in [3.8, 4) is 5.75 Å². The molecule has 1 rings (SSSR count). The molecule has 5 nitrogen and oxygen atoms in total. The lowest BCUT2D eigenvalue weighted by molar-refractivity contribution is -0.153. The van der Waals surface area contributed by atoms with E-state index in [-0.39, 0.29) is 5.56 Å². The molecule has 0 bridgehead atoms. The highest BCUT2D eigenvalue weighted by Crippen LogP contribution is 2.27. The maximum Gasteiger partial charge on any atom is 0.335 e. The van der Waals surface area contributed by atoms with Gasteiger partial charge in [0.2, 0.25) is 0 Å². The molecule has 2 unspecified atom stereocenters. The Bertz CT molecular complexity index is 363. The van der Waals surface area contributed by atoms with Gasteiger partial charge in [0.15, 0.2) is 6.10 Å². The molecule has 2 atom stereocenters. The van der Waals surface area contributed by atoms with Crippen LogP contribution in [-0.2, 0) is 4.79 Å². The average molecular weight is 226 g/mol. The van der Waals surface area contributed by atoms with Crippen molar-refractivity contribution >= 4 is 5.97 Å². The number of carboxylic acids is 1. The van der Waals surface area contributed by atoms with Gasteiger partial charge in [0.05, 0.1) is 6.61 Å². The van der Waals surface area contributed by atoms with Gasteiger partial charge in [-0.1, -0.05) is 18.2 Å². The Hall–Kier alpha value is -1.59. The van der Waals surface area contributed by atoms with Gasteiger partial charge in [0, 0.05) is 5.56 Å². The second-order valence-electron chi connectivity index (χ2n) is 3.20. The number of hydrogen-bond acceptors (Lipinski definition) is 4. The molecule has 0 aliphatic rings. The van der Waals surface area contributed by atoms with E-state index in [4.69, 9.17) is 9.84 Å². The van der Waals surface area contributed by atoms with Crippen LogP contribution in [0.25, 0.3) is 0 Å². The molecular formula is C11H14O5. The zero-order valence-corrected chi connectivity index (χ0v) is 8.83. The smallest absolute Gasteiger partial charge is 0.335 e. The summed E-state index contributed by atoms with van der Waals surface area (Å²) in [6, 6.07) is 6.46. The van der Waals surface area contributed by atoms with E-state index in [0.717, 1.165) is 0 Å². The van der Waals surface area contributed by atoms with Crippen molar-refractivity contribution < 1.29 is 24.9 Å². The molecule has 0 aliphatic heterocycles. The minimum atomic E-state index is -1.86. The first-order valence-electron chi connectivity index (χ1n) is 4.88. The lowest BCUT2D eigenvalue weighted by Crippen LogP contribution is -2.27. The third-order valence-corrected chi connectivity index (χ3v) is 2.09. The Balaban J connectivity index is 2.97. The SMILES string of the molecule is CCOc1ccccc1C(O)C(O)C(=O)O. The third kappa shape index (κ3) is 2.71. The highest BCUT2D eigenvalue weighted by molar-refractivity contribution is 5.73. The normalized spacial score (nSPS) is 14.2. The number of aliphatic hydroxyl groups excluding tert-OH is 2. The van der Waals surface area contributed by atoms with E-state index < -0.39 is 18.2 Å². The molecule has 0 aromatic heterocycles. The summed E-state index contributed by atoms with van der Waals surface area (Å²) in [6.07, 6.45) is -3.36. The Morgan fingerprint density at radius 1 is 1.38 bits per heavy atom. The summed E-state index contributed by atoms with van der Waals surface area (Å²) >= 11 is 0. The Morgan fingerprint density at radius 3 is 2.56 bits per heavy atom. The fraction of sp³-hybridized carbons (Fsp3) is 0.364. The maximum absolute atomic E-state index is 10.5. The fourth-order valence-corrected chi connectivity index (χ4v) is 1.32. The lowest BCUT2D eigenvalue weighted by Gasteiger charge is -2.17. The van der Waals surface area contributed by atoms with Crippen molar-refractivity contribution in [3.05, 3.63) is 29.8 Å². The van der Waals surface area contributed by atoms with E-state index in [9.17, 15) is 15.0 Å². The summed E-state index contributed by atoms with van der Waals surface area (Å²) in [4.78, 5) is 10.5. The largest absolute Gasteiger partial charge is 0.493 e. The van der Waals surface area contributed by atoms with E-state index in [1.807, 2.05) is 0 Å². The number of para-hydroxylation sites is 1. The van der Waals surface area contributed by atoms with Gasteiger partial charge in [-0.05, 0) is 13.0 Å². The highest BCUT2D eigenvalue weighted by Gasteiger charge is 2.27. The molecule has 0 fully saturated rings. The van der Waals surface area contributed by atoms with Crippen LogP contribution >= 0.6 is 0 Å². The lowest BCUT2D eigenvalue weighted by atomic mass is 10.0. The van der Waals surface area contributed by atoms with Crippen LogP contribution in [0.5, 0.6) is 5.75 Å². The standard InChI is InChI=1S/C11H14O5/c1-2-16-8-6-4-3-5-7(8)9(12)10(13)11(14)15/h3-6,9-10,12-13H,2H2,1H3,(H,14,15). The van der Waals surface area contributed by atoms with Gasteiger partial charge >= 0.3 is 5.97 Å². The Kier molecular flexibility index (Phi) is 4.28. The molecule has 0 saturated heterocycles. The van der Waals surface area contributed by atoms with Crippen molar-refractivity contribution in [3.63, 3.8) is 0 Å². The van der Waals surface area contributed by atoms with Crippen LogP contribution < -0.4 is 4.74 Å². The van der Waals surface area contributed by atoms with Crippen molar-refractivity contribution in [2.45, 2.75) is 19.1 Å². The molecule has 0 saturated carbocycles. The topological polar surface area (TPSA) is 87.0 Å². The van der Waals surface area contributed by atoms with Gasteiger partial charge in [0.25, 0.3) is 0 Å². The second-order valence-corrected chi connectivity index (χ2v) is 3.20. The molecule has 0 radical (unpaired) electrons. The quantitative estimate of drug-likeness (QED) is 0.683. The van der Waals surface area contributed by atoms with Gasteiger partial charge in [0.1, 0.15) is 11.9 Å². The predicted molar refractivity (Wildman–Crippen MR) is 56.2 cm³/mol. The maximum atomic E-state index is 10.5. The molecule has 3 N–H and O–H groups in total. The monoisotopic (exact) mass is 226 g/mol. The van der Waals surface area contributed by atoms with Crippen LogP contribution in [0.1, 0.15) is 18.6 Å². The van der Waals surface area contributed by atoms with E-state index in [1.54, 1.807) is 25.1 Å². The number of benzene rings is 1. The van der Waals surface area contributed by atoms with Crippen molar-refractivity contribution in [2.24, 2.45) is 0 Å². The van der Waals surface area contributed by atoms with Crippen LogP contribution in [0.2, 0.25) is 0 Å². The van der Waals surface area contributed by atoms with E-state index in [0.29, 0.717) is 12.4 Å². The first-order chi connectivity index (χ1) is 7.57. The molecule has 16 heavy (non-hydrogen) atoms. The van der Waals surface area contributed by atoms with Crippen molar-refractivity contribution in [1.29, 1.82) is 0 Å². The second kappa shape index (κ2) is 5.48. The molecule has 0 amide bonds. The van der Waals surface area contributed by atoms with E-state index >= 15 is 0 Å². The summed E-state index contributed by atoms with van der Waals surface area (Å²) in [6.45, 7) is 2.17. The van der Waals surface area contributed by atoms with Gasteiger partial charge in [-0.2, -0.15) is 0 Å². The summed E-state index contributed by atoms with van der Waals surface area (Å²) in [5, 5.41) is 27.5. The average Bonchev–Trinajstić information content (AvgIpc) is 2.28. The predicted octanol–water partition coefficient (Wildman–Crippen LogP) is 0.564. The molecule has 0 spiro atoms. The molecular weight excluding hydrogens is 212 g/mol. The number of rotatable bonds is 5. The highest BCUT2D eigenvalue weighted by atomic mass is 16.5. The minimum absolute atomic E-state index is 0.263. The summed E-state index contributed by atoms with van der Waals surface area (Å²) in [5.74, 6) is -1.10. The number of aliphatic hydroxyl groups is 2. The molecule has 1 aromatic rings. The van der Waals surface area contributed by atoms with Gasteiger partial charge in [-0.15, -0.1) is 0 Å². The zero-order chi connectivity index (χ0) is 12.1. The van der Waals surface area contributed by atoms with Crippen LogP contribution in [0.4, 0.5) is 0 Å². The third-order valence-electron chi connectivity index (χ3n) is 2.09. The van der Waals surface area contributed by atoms with Crippen molar-refractivity contribution in [1.82, 2.24) is 0 Å². The van der Waals surface area contributed by atoms with Crippen molar-refractivity contribution in [2.75, 3.05) is 6.61 Å². The number of aliphatic carboxylic acids is 1. The molecule has 0 heterocycles.